The number of fused-ring (bicyclic) bond motifs is 1. The predicted molar refractivity (Wildman–Crippen MR) is 132 cm³/mol. The molecule has 0 radical (unpaired) electrons. The van der Waals surface area contributed by atoms with Crippen molar-refractivity contribution in [2.45, 2.75) is 29.3 Å². The number of hydrogen-bond acceptors (Lipinski definition) is 13. The van der Waals surface area contributed by atoms with Gasteiger partial charge in [-0.2, -0.15) is 0 Å². The van der Waals surface area contributed by atoms with Crippen molar-refractivity contribution in [1.82, 2.24) is 25.4 Å². The van der Waals surface area contributed by atoms with Crippen molar-refractivity contribution in [3.05, 3.63) is 20.6 Å². The smallest absolute Gasteiger partial charge is 0.353 e. The van der Waals surface area contributed by atoms with Crippen LogP contribution in [0.3, 0.4) is 0 Å². The molecular weight excluding hydrogens is 540 g/mol. The number of thiazole rings is 1. The van der Waals surface area contributed by atoms with E-state index in [1.54, 1.807) is 4.90 Å². The number of carboxylic acids is 1. The number of β-lactam (4-membered cyclic amide) rings is 1. The lowest BCUT2D eigenvalue weighted by atomic mass is 9.86. The van der Waals surface area contributed by atoms with Gasteiger partial charge in [-0.3, -0.25) is 14.5 Å². The fourth-order valence-corrected chi connectivity index (χ4v) is 6.53. The van der Waals surface area contributed by atoms with Gasteiger partial charge in [-0.25, -0.2) is 9.78 Å². The summed E-state index contributed by atoms with van der Waals surface area (Å²) >= 11 is 9.55. The van der Waals surface area contributed by atoms with Crippen LogP contribution in [0.15, 0.2) is 20.1 Å². The zero-order chi connectivity index (χ0) is 25.4. The molecule has 1 saturated heterocycles. The van der Waals surface area contributed by atoms with E-state index in [9.17, 15) is 19.5 Å². The molecule has 2 amide bonds. The Balaban J connectivity index is 1.53. The molecule has 13 nitrogen and oxygen atoms in total. The minimum absolute atomic E-state index is 0.0275. The van der Waals surface area contributed by atoms with Crippen LogP contribution in [0.4, 0.5) is 10.3 Å². The molecule has 186 valence electrons. The fraction of sp³-hybridized carbons (Fsp3) is 0.389. The number of oxime groups is 1. The topological polar surface area (TPSA) is 176 Å². The van der Waals surface area contributed by atoms with Crippen molar-refractivity contribution in [2.24, 2.45) is 5.16 Å². The highest BCUT2D eigenvalue weighted by Crippen LogP contribution is 2.44. The molecule has 2 atom stereocenters. The van der Waals surface area contributed by atoms with Crippen LogP contribution in [-0.2, 0) is 19.2 Å². The van der Waals surface area contributed by atoms with Crippen LogP contribution >= 0.6 is 46.0 Å². The first-order chi connectivity index (χ1) is 16.6. The third-order valence-electron chi connectivity index (χ3n) is 5.09. The number of carboxylic acid groups (broad SMARTS) is 1. The van der Waals surface area contributed by atoms with Crippen molar-refractivity contribution in [3.8, 4) is 0 Å². The van der Waals surface area contributed by atoms with Gasteiger partial charge in [0.05, 0.1) is 6.04 Å². The van der Waals surface area contributed by atoms with E-state index < -0.39 is 29.9 Å². The van der Waals surface area contributed by atoms with Gasteiger partial charge in [-0.15, -0.1) is 10.2 Å². The van der Waals surface area contributed by atoms with Crippen LogP contribution in [0.2, 0.25) is 4.34 Å². The standard InChI is InChI=1S/C18H19ClN8O5S3/c1-26(2)17-23-24-18(35-17)33-7-5-4-6-8(14(29)27(6)11(7)15(30)31)21-13(28)10(25-32-3)9-12(19)34-16(20)22-9/h6,8H,4-5H2,1-3H3,(H2,20,22)(H,21,28)(H,30,31)/t6?,8-/m0/s1. The Morgan fingerprint density at radius 2 is 2.11 bits per heavy atom. The van der Waals surface area contributed by atoms with E-state index in [0.717, 1.165) is 11.3 Å². The highest BCUT2D eigenvalue weighted by atomic mass is 35.5. The Morgan fingerprint density at radius 1 is 1.37 bits per heavy atom. The van der Waals surface area contributed by atoms with Crippen molar-refractivity contribution >= 4 is 79.8 Å². The Hall–Kier alpha value is -2.95. The number of nitrogen functional groups attached to an aromatic ring is 1. The average Bonchev–Trinajstić information content (AvgIpc) is 3.40. The number of nitrogens with zero attached hydrogens (tertiary/aromatic N) is 6. The number of allylic oxidation sites excluding steroid dienone is 1. The van der Waals surface area contributed by atoms with Gasteiger partial charge in [-0.1, -0.05) is 51.2 Å². The number of halogens is 1. The fourth-order valence-electron chi connectivity index (χ4n) is 3.61. The maximum absolute atomic E-state index is 13.0. The van der Waals surface area contributed by atoms with Gasteiger partial charge in [0, 0.05) is 19.0 Å². The molecule has 2 aliphatic rings. The molecule has 1 unspecified atom stereocenters. The molecule has 35 heavy (non-hydrogen) atoms. The van der Waals surface area contributed by atoms with E-state index in [0.29, 0.717) is 27.2 Å². The van der Waals surface area contributed by atoms with Crippen molar-refractivity contribution in [3.63, 3.8) is 0 Å². The number of nitrogens with one attached hydrogen (secondary N) is 1. The lowest BCUT2D eigenvalue weighted by Gasteiger charge is -2.49. The Kier molecular flexibility index (Phi) is 7.16. The van der Waals surface area contributed by atoms with Gasteiger partial charge >= 0.3 is 5.97 Å². The number of carbonyl (C=O) groups excluding carboxylic acids is 2. The molecule has 0 aliphatic carbocycles. The third-order valence-corrected chi connectivity index (χ3v) is 8.46. The summed E-state index contributed by atoms with van der Waals surface area (Å²) < 4.78 is 0.707. The Morgan fingerprint density at radius 3 is 2.69 bits per heavy atom. The molecule has 0 aromatic carbocycles. The lowest BCUT2D eigenvalue weighted by molar-refractivity contribution is -0.155. The van der Waals surface area contributed by atoms with E-state index in [2.05, 4.69) is 25.7 Å². The second-order valence-electron chi connectivity index (χ2n) is 7.49. The first-order valence-electron chi connectivity index (χ1n) is 9.94. The lowest BCUT2D eigenvalue weighted by Crippen LogP contribution is -2.72. The molecule has 2 aromatic heterocycles. The number of anilines is 2. The molecular formula is C18H19ClN8O5S3. The largest absolute Gasteiger partial charge is 0.477 e. The predicted octanol–water partition coefficient (Wildman–Crippen LogP) is 1.22. The molecule has 4 N–H and O–H groups in total. The number of aromatic nitrogens is 3. The van der Waals surface area contributed by atoms with Crippen LogP contribution in [-0.4, -0.2) is 82.0 Å². The molecule has 4 heterocycles. The zero-order valence-corrected chi connectivity index (χ0v) is 21.7. The van der Waals surface area contributed by atoms with E-state index in [-0.39, 0.29) is 26.6 Å². The number of aliphatic carboxylic acids is 1. The summed E-state index contributed by atoms with van der Waals surface area (Å²) in [6, 6.07) is -1.48. The van der Waals surface area contributed by atoms with Crippen molar-refractivity contribution in [1.29, 1.82) is 0 Å². The number of carbonyl (C=O) groups is 3. The monoisotopic (exact) mass is 558 g/mol. The summed E-state index contributed by atoms with van der Waals surface area (Å²) in [6.45, 7) is 0. The second-order valence-corrected chi connectivity index (χ2v) is 11.4. The SMILES string of the molecule is CON=C(C(=O)N[C@@H]1C(=O)N2C(C(=O)O)=C(Sc3nnc(N(C)C)s3)CCC12)c1nc(N)sc1Cl. The number of amides is 2. The van der Waals surface area contributed by atoms with Gasteiger partial charge in [0.25, 0.3) is 11.8 Å². The second kappa shape index (κ2) is 9.96. The molecule has 17 heteroatoms. The summed E-state index contributed by atoms with van der Waals surface area (Å²) in [5.74, 6) is -2.53. The van der Waals surface area contributed by atoms with Gasteiger partial charge in [0.2, 0.25) is 5.13 Å². The third kappa shape index (κ3) is 4.78. The molecule has 2 aromatic rings. The number of hydrogen-bond donors (Lipinski definition) is 3. The zero-order valence-electron chi connectivity index (χ0n) is 18.5. The van der Waals surface area contributed by atoms with Crippen LogP contribution in [0.1, 0.15) is 18.5 Å². The van der Waals surface area contributed by atoms with Gasteiger partial charge in [0.1, 0.15) is 28.9 Å². The van der Waals surface area contributed by atoms with E-state index in [1.165, 1.54) is 35.1 Å². The maximum atomic E-state index is 13.0. The average molecular weight is 559 g/mol. The normalized spacial score (nSPS) is 19.8. The Labute approximate surface area is 216 Å². The van der Waals surface area contributed by atoms with Crippen molar-refractivity contribution < 1.29 is 24.3 Å². The van der Waals surface area contributed by atoms with Crippen LogP contribution in [0.5, 0.6) is 0 Å². The summed E-state index contributed by atoms with van der Waals surface area (Å²) in [5.41, 5.74) is 5.31. The van der Waals surface area contributed by atoms with Crippen molar-refractivity contribution in [2.75, 3.05) is 31.8 Å². The summed E-state index contributed by atoms with van der Waals surface area (Å²) in [7, 11) is 4.90. The highest BCUT2D eigenvalue weighted by molar-refractivity contribution is 8.04. The summed E-state index contributed by atoms with van der Waals surface area (Å²) in [4.78, 5) is 50.2. The first-order valence-corrected chi connectivity index (χ1v) is 12.8. The highest BCUT2D eigenvalue weighted by Gasteiger charge is 2.54. The molecule has 2 aliphatic heterocycles. The summed E-state index contributed by atoms with van der Waals surface area (Å²) in [5, 5.41) is 25.1. The van der Waals surface area contributed by atoms with E-state index in [1.807, 2.05) is 14.1 Å². The van der Waals surface area contributed by atoms with E-state index >= 15 is 0 Å². The van der Waals surface area contributed by atoms with Crippen LogP contribution < -0.4 is 16.0 Å². The number of thioether (sulfide) groups is 1. The molecule has 0 bridgehead atoms. The minimum Gasteiger partial charge on any atom is -0.477 e. The molecule has 1 fully saturated rings. The number of rotatable bonds is 8. The first kappa shape index (κ1) is 25.2. The molecule has 4 rings (SSSR count). The van der Waals surface area contributed by atoms with Gasteiger partial charge < -0.3 is 25.9 Å². The maximum Gasteiger partial charge on any atom is 0.353 e. The van der Waals surface area contributed by atoms with E-state index in [4.69, 9.17) is 22.2 Å². The number of nitrogens with two attached hydrogens (primary N) is 1. The quantitative estimate of drug-likeness (QED) is 0.241. The van der Waals surface area contributed by atoms with Crippen LogP contribution in [0, 0.1) is 0 Å². The van der Waals surface area contributed by atoms with Gasteiger partial charge in [-0.05, 0) is 12.8 Å². The molecule has 0 spiro atoms. The molecule has 0 saturated carbocycles. The summed E-state index contributed by atoms with van der Waals surface area (Å²) in [6.07, 6.45) is 0.827. The van der Waals surface area contributed by atoms with Crippen LogP contribution in [0.25, 0.3) is 0 Å². The Bertz CT molecular complexity index is 1260. The van der Waals surface area contributed by atoms with Gasteiger partial charge in [0.15, 0.2) is 15.2 Å². The minimum atomic E-state index is -1.24.